The van der Waals surface area contributed by atoms with Crippen LogP contribution in [0.1, 0.15) is 81.0 Å². The van der Waals surface area contributed by atoms with Crippen molar-refractivity contribution in [1.82, 2.24) is 0 Å². The maximum atomic E-state index is 12.5. The highest BCUT2D eigenvalue weighted by atomic mass is 17.2. The summed E-state index contributed by atoms with van der Waals surface area (Å²) in [5, 5.41) is 0. The van der Waals surface area contributed by atoms with Gasteiger partial charge in [-0.25, -0.2) is 4.79 Å². The van der Waals surface area contributed by atoms with Crippen molar-refractivity contribution in [1.29, 1.82) is 0 Å². The number of carbonyl (C=O) groups is 1. The predicted octanol–water partition coefficient (Wildman–Crippen LogP) is 7.28. The van der Waals surface area contributed by atoms with E-state index in [1.165, 1.54) is 44.9 Å². The van der Waals surface area contributed by atoms with Crippen LogP contribution in [0.4, 0.5) is 0 Å². The Kier molecular flexibility index (Phi) is 8.57. The number of carbonyl (C=O) groups excluding carboxylic acids is 1. The molecule has 0 atom stereocenters. The van der Waals surface area contributed by atoms with Gasteiger partial charge in [-0.3, -0.25) is 4.89 Å². The Labute approximate surface area is 169 Å². The molecule has 0 bridgehead atoms. The van der Waals surface area contributed by atoms with Crippen LogP contribution in [0.25, 0.3) is 11.1 Å². The summed E-state index contributed by atoms with van der Waals surface area (Å²) in [5.41, 5.74) is 2.58. The lowest BCUT2D eigenvalue weighted by molar-refractivity contribution is -0.237. The summed E-state index contributed by atoms with van der Waals surface area (Å²) < 4.78 is 0. The van der Waals surface area contributed by atoms with Crippen LogP contribution in [0.15, 0.2) is 54.6 Å². The topological polar surface area (TPSA) is 35.5 Å². The van der Waals surface area contributed by atoms with Crippen LogP contribution in [0.5, 0.6) is 0 Å². The molecule has 0 spiro atoms. The molecular formula is C25H31O3. The number of hydrogen-bond acceptors (Lipinski definition) is 3. The molecule has 0 amide bonds. The van der Waals surface area contributed by atoms with Crippen LogP contribution in [-0.4, -0.2) is 5.97 Å². The van der Waals surface area contributed by atoms with Gasteiger partial charge in [0.2, 0.25) is 0 Å². The molecule has 1 fully saturated rings. The van der Waals surface area contributed by atoms with E-state index in [9.17, 15) is 4.79 Å². The molecule has 0 aromatic heterocycles. The van der Waals surface area contributed by atoms with Crippen LogP contribution < -0.4 is 0 Å². The molecule has 0 heterocycles. The van der Waals surface area contributed by atoms with Crippen LogP contribution in [0.3, 0.4) is 0 Å². The van der Waals surface area contributed by atoms with Crippen molar-refractivity contribution < 1.29 is 14.6 Å². The van der Waals surface area contributed by atoms with Crippen molar-refractivity contribution in [2.45, 2.75) is 70.6 Å². The fourth-order valence-corrected chi connectivity index (χ4v) is 3.69. The third-order valence-electron chi connectivity index (χ3n) is 5.35. The van der Waals surface area contributed by atoms with Gasteiger partial charge >= 0.3 is 5.97 Å². The first-order valence-corrected chi connectivity index (χ1v) is 10.7. The lowest BCUT2D eigenvalue weighted by Crippen LogP contribution is -2.11. The van der Waals surface area contributed by atoms with Crippen molar-refractivity contribution in [3.8, 4) is 11.1 Å². The summed E-state index contributed by atoms with van der Waals surface area (Å²) in [4.78, 5) is 23.2. The quantitative estimate of drug-likeness (QED) is 0.413. The largest absolute Gasteiger partial charge is 0.373 e. The average Bonchev–Trinajstić information content (AvgIpc) is 2.74. The van der Waals surface area contributed by atoms with Crippen molar-refractivity contribution in [2.75, 3.05) is 0 Å². The highest BCUT2D eigenvalue weighted by Gasteiger charge is 2.17. The molecule has 3 rings (SSSR count). The van der Waals surface area contributed by atoms with E-state index in [2.05, 4.69) is 0 Å². The van der Waals surface area contributed by atoms with Gasteiger partial charge in [-0.1, -0.05) is 100 Å². The van der Waals surface area contributed by atoms with E-state index >= 15 is 0 Å². The Morgan fingerprint density at radius 2 is 1.21 bits per heavy atom. The minimum atomic E-state index is -0.434. The summed E-state index contributed by atoms with van der Waals surface area (Å²) in [6, 6.07) is 17.5. The fraction of sp³-hybridized carbons (Fsp3) is 0.440. The summed E-state index contributed by atoms with van der Waals surface area (Å²) in [5.74, 6) is -0.434. The molecular weight excluding hydrogens is 348 g/mol. The molecule has 1 radical (unpaired) electrons. The number of hydrogen-bond donors (Lipinski definition) is 0. The molecule has 3 nitrogen and oxygen atoms in total. The molecule has 1 saturated carbocycles. The molecule has 1 aliphatic rings. The van der Waals surface area contributed by atoms with Gasteiger partial charge in [-0.15, -0.1) is 0 Å². The zero-order chi connectivity index (χ0) is 19.4. The van der Waals surface area contributed by atoms with Crippen LogP contribution in [0, 0.1) is 6.10 Å². The minimum absolute atomic E-state index is 0.434. The SMILES string of the molecule is O=C(OO[C]1CCCCCCCCCCC1)c1cccc(-c2ccccc2)c1. The Morgan fingerprint density at radius 1 is 0.643 bits per heavy atom. The molecule has 2 aromatic carbocycles. The first-order chi connectivity index (χ1) is 13.8. The zero-order valence-corrected chi connectivity index (χ0v) is 16.7. The van der Waals surface area contributed by atoms with Crippen LogP contribution in [0.2, 0.25) is 0 Å². The Morgan fingerprint density at radius 3 is 1.86 bits per heavy atom. The normalized spacial score (nSPS) is 17.3. The molecule has 0 unspecified atom stereocenters. The maximum absolute atomic E-state index is 12.5. The van der Waals surface area contributed by atoms with Crippen molar-refractivity contribution >= 4 is 5.97 Å². The minimum Gasteiger partial charge on any atom is -0.292 e. The maximum Gasteiger partial charge on any atom is 0.373 e. The number of rotatable bonds is 4. The van der Waals surface area contributed by atoms with Gasteiger partial charge in [0.25, 0.3) is 0 Å². The lowest BCUT2D eigenvalue weighted by atomic mass is 9.99. The van der Waals surface area contributed by atoms with E-state index in [0.29, 0.717) is 5.56 Å². The molecule has 149 valence electrons. The number of benzene rings is 2. The first kappa shape index (κ1) is 20.6. The standard InChI is InChI=1S/C25H31O3/c26-25(23-17-13-16-22(20-23)21-14-9-8-10-15-21)28-27-24-18-11-6-4-2-1-3-5-7-12-19-24/h8-10,13-17,20H,1-7,11-12,18-19H2. The fourth-order valence-electron chi connectivity index (χ4n) is 3.69. The first-order valence-electron chi connectivity index (χ1n) is 10.7. The molecule has 1 aliphatic carbocycles. The molecule has 3 heteroatoms. The second kappa shape index (κ2) is 11.7. The second-order valence-corrected chi connectivity index (χ2v) is 7.62. The Balaban J connectivity index is 1.54. The van der Waals surface area contributed by atoms with Crippen molar-refractivity contribution in [3.05, 3.63) is 66.3 Å². The van der Waals surface area contributed by atoms with Gasteiger partial charge in [-0.05, 0) is 36.1 Å². The van der Waals surface area contributed by atoms with Crippen LogP contribution >= 0.6 is 0 Å². The predicted molar refractivity (Wildman–Crippen MR) is 112 cm³/mol. The van der Waals surface area contributed by atoms with E-state index in [1.54, 1.807) is 6.07 Å². The summed E-state index contributed by atoms with van der Waals surface area (Å²) in [6.45, 7) is 0. The third-order valence-corrected chi connectivity index (χ3v) is 5.35. The highest BCUT2D eigenvalue weighted by molar-refractivity contribution is 5.90. The lowest BCUT2D eigenvalue weighted by Gasteiger charge is -2.16. The third kappa shape index (κ3) is 6.79. The van der Waals surface area contributed by atoms with Gasteiger partial charge in [0.15, 0.2) is 0 Å². The van der Waals surface area contributed by atoms with Gasteiger partial charge in [-0.2, -0.15) is 4.89 Å². The Bertz CT molecular complexity index is 699. The van der Waals surface area contributed by atoms with Crippen molar-refractivity contribution in [3.63, 3.8) is 0 Å². The monoisotopic (exact) mass is 379 g/mol. The smallest absolute Gasteiger partial charge is 0.292 e. The average molecular weight is 380 g/mol. The molecule has 0 saturated heterocycles. The van der Waals surface area contributed by atoms with E-state index in [1.807, 2.05) is 48.5 Å². The van der Waals surface area contributed by atoms with Gasteiger partial charge in [0.05, 0.1) is 5.56 Å². The van der Waals surface area contributed by atoms with E-state index in [-0.39, 0.29) is 0 Å². The summed E-state index contributed by atoms with van der Waals surface area (Å²) in [7, 11) is 0. The summed E-state index contributed by atoms with van der Waals surface area (Å²) >= 11 is 0. The Hall–Kier alpha value is -2.13. The van der Waals surface area contributed by atoms with Gasteiger partial charge in [0.1, 0.15) is 6.10 Å². The van der Waals surface area contributed by atoms with E-state index in [4.69, 9.17) is 9.78 Å². The summed E-state index contributed by atoms with van der Waals surface area (Å²) in [6.07, 6.45) is 14.0. The molecule has 0 aliphatic heterocycles. The molecule has 28 heavy (non-hydrogen) atoms. The zero-order valence-electron chi connectivity index (χ0n) is 16.7. The molecule has 2 aromatic rings. The molecule has 0 N–H and O–H groups in total. The van der Waals surface area contributed by atoms with E-state index in [0.717, 1.165) is 42.9 Å². The second-order valence-electron chi connectivity index (χ2n) is 7.62. The van der Waals surface area contributed by atoms with Crippen molar-refractivity contribution in [2.24, 2.45) is 0 Å². The van der Waals surface area contributed by atoms with Crippen LogP contribution in [-0.2, 0) is 9.78 Å². The van der Waals surface area contributed by atoms with Gasteiger partial charge in [0, 0.05) is 0 Å². The van der Waals surface area contributed by atoms with E-state index < -0.39 is 5.97 Å². The van der Waals surface area contributed by atoms with Gasteiger partial charge < -0.3 is 0 Å². The highest BCUT2D eigenvalue weighted by Crippen LogP contribution is 2.25.